The third-order valence-electron chi connectivity index (χ3n) is 5.64. The third-order valence-corrected chi connectivity index (χ3v) is 6.87. The number of thiophene rings is 1. The van der Waals surface area contributed by atoms with Crippen LogP contribution in [-0.4, -0.2) is 18.5 Å². The van der Waals surface area contributed by atoms with Gasteiger partial charge < -0.3 is 10.1 Å². The smallest absolute Gasteiger partial charge is 0.341 e. The normalized spacial score (nSPS) is 12.1. The number of carbonyl (C=O) groups excluding carboxylic acids is 2. The first-order valence-corrected chi connectivity index (χ1v) is 12.4. The van der Waals surface area contributed by atoms with Gasteiger partial charge in [0.25, 0.3) is 5.91 Å². The lowest BCUT2D eigenvalue weighted by atomic mass is 9.99. The van der Waals surface area contributed by atoms with Gasteiger partial charge in [-0.1, -0.05) is 97.9 Å². The van der Waals surface area contributed by atoms with Crippen LogP contribution < -0.4 is 5.32 Å². The Labute approximate surface area is 209 Å². The molecule has 0 aliphatic heterocycles. The molecule has 1 unspecified atom stereocenters. The monoisotopic (exact) mass is 481 g/mol. The van der Waals surface area contributed by atoms with Gasteiger partial charge in [-0.2, -0.15) is 0 Å². The maximum absolute atomic E-state index is 13.6. The van der Waals surface area contributed by atoms with E-state index in [0.29, 0.717) is 16.1 Å². The lowest BCUT2D eigenvalue weighted by Gasteiger charge is -2.11. The van der Waals surface area contributed by atoms with Gasteiger partial charge in [-0.05, 0) is 35.8 Å². The minimum atomic E-state index is -0.445. The molecule has 0 fully saturated rings. The van der Waals surface area contributed by atoms with Crippen LogP contribution in [0.25, 0.3) is 11.6 Å². The highest BCUT2D eigenvalue weighted by atomic mass is 32.1. The number of hydrogen-bond acceptors (Lipinski definition) is 4. The van der Waals surface area contributed by atoms with E-state index in [1.54, 1.807) is 6.92 Å². The summed E-state index contributed by atoms with van der Waals surface area (Å²) < 4.78 is 5.29. The van der Waals surface area contributed by atoms with E-state index in [-0.39, 0.29) is 18.4 Å². The summed E-state index contributed by atoms with van der Waals surface area (Å²) >= 11 is 1.40. The zero-order chi connectivity index (χ0) is 24.6. The van der Waals surface area contributed by atoms with E-state index in [4.69, 9.17) is 4.74 Å². The van der Waals surface area contributed by atoms with Gasteiger partial charge in [-0.25, -0.2) is 4.79 Å². The van der Waals surface area contributed by atoms with Crippen LogP contribution in [0, 0.1) is 0 Å². The highest BCUT2D eigenvalue weighted by Gasteiger charge is 2.23. The number of nitrogens with one attached hydrogen (secondary N) is 1. The third kappa shape index (κ3) is 5.94. The van der Waals surface area contributed by atoms with Gasteiger partial charge in [0.15, 0.2) is 0 Å². The van der Waals surface area contributed by atoms with E-state index in [1.807, 2.05) is 91.0 Å². The summed E-state index contributed by atoms with van der Waals surface area (Å²) in [6.07, 6.45) is 1.86. The summed E-state index contributed by atoms with van der Waals surface area (Å²) in [7, 11) is 0. The predicted octanol–water partition coefficient (Wildman–Crippen LogP) is 7.26. The molecule has 4 rings (SSSR count). The summed E-state index contributed by atoms with van der Waals surface area (Å²) in [6, 6.07) is 31.1. The van der Waals surface area contributed by atoms with Crippen molar-refractivity contribution in [3.8, 4) is 0 Å². The molecule has 0 aliphatic carbocycles. The summed E-state index contributed by atoms with van der Waals surface area (Å²) in [4.78, 5) is 27.3. The molecular formula is C30H27NO3S. The number of rotatable bonds is 8. The molecule has 1 atom stereocenters. The van der Waals surface area contributed by atoms with E-state index in [2.05, 4.69) is 24.4 Å². The maximum Gasteiger partial charge on any atom is 0.341 e. The highest BCUT2D eigenvalue weighted by Crippen LogP contribution is 2.37. The molecule has 1 heterocycles. The average Bonchev–Trinajstić information content (AvgIpc) is 3.32. The van der Waals surface area contributed by atoms with Crippen molar-refractivity contribution in [3.63, 3.8) is 0 Å². The standard InChI is InChI=1S/C30H27NO3S/c1-3-34-30(33)26-20-27(21(2)23-15-9-5-10-16-23)35-29(26)31-28(32)25(24-17-11-6-12-18-24)19-22-13-7-4-8-14-22/h4-21H,3H2,1-2H3,(H,31,32). The molecule has 0 aliphatic rings. The van der Waals surface area contributed by atoms with E-state index >= 15 is 0 Å². The first kappa shape index (κ1) is 24.2. The van der Waals surface area contributed by atoms with E-state index in [9.17, 15) is 9.59 Å². The molecule has 5 heteroatoms. The molecule has 0 spiro atoms. The highest BCUT2D eigenvalue weighted by molar-refractivity contribution is 7.16. The van der Waals surface area contributed by atoms with Crippen LogP contribution in [0.15, 0.2) is 97.1 Å². The van der Waals surface area contributed by atoms with Gasteiger partial charge >= 0.3 is 5.97 Å². The second-order valence-corrected chi connectivity index (χ2v) is 9.12. The summed E-state index contributed by atoms with van der Waals surface area (Å²) in [5, 5.41) is 3.49. The van der Waals surface area contributed by atoms with Crippen molar-refractivity contribution in [2.45, 2.75) is 19.8 Å². The van der Waals surface area contributed by atoms with Gasteiger partial charge in [0.05, 0.1) is 12.2 Å². The quantitative estimate of drug-likeness (QED) is 0.164. The number of amides is 1. The number of anilines is 1. The number of esters is 1. The van der Waals surface area contributed by atoms with Crippen LogP contribution in [0.5, 0.6) is 0 Å². The van der Waals surface area contributed by atoms with Gasteiger partial charge in [0.1, 0.15) is 5.00 Å². The molecule has 0 radical (unpaired) electrons. The Morgan fingerprint density at radius 3 is 2.14 bits per heavy atom. The molecule has 0 saturated heterocycles. The minimum Gasteiger partial charge on any atom is -0.462 e. The molecule has 4 nitrogen and oxygen atoms in total. The largest absolute Gasteiger partial charge is 0.462 e. The maximum atomic E-state index is 13.6. The Bertz CT molecular complexity index is 1310. The Balaban J connectivity index is 1.71. The van der Waals surface area contributed by atoms with E-state index < -0.39 is 5.97 Å². The molecule has 1 amide bonds. The lowest BCUT2D eigenvalue weighted by Crippen LogP contribution is -2.15. The molecule has 0 saturated carbocycles. The van der Waals surface area contributed by atoms with Crippen LogP contribution in [-0.2, 0) is 9.53 Å². The second kappa shape index (κ2) is 11.4. The van der Waals surface area contributed by atoms with Crippen LogP contribution in [0.2, 0.25) is 0 Å². The molecule has 0 bridgehead atoms. The van der Waals surface area contributed by atoms with Gasteiger partial charge in [-0.3, -0.25) is 4.79 Å². The van der Waals surface area contributed by atoms with E-state index in [1.165, 1.54) is 11.3 Å². The fraction of sp³-hybridized carbons (Fsp3) is 0.133. The Kier molecular flexibility index (Phi) is 7.91. The van der Waals surface area contributed by atoms with Crippen molar-refractivity contribution in [2.24, 2.45) is 0 Å². The first-order chi connectivity index (χ1) is 17.1. The van der Waals surface area contributed by atoms with Gasteiger partial charge in [0, 0.05) is 16.4 Å². The second-order valence-electron chi connectivity index (χ2n) is 8.03. The number of carbonyl (C=O) groups is 2. The summed E-state index contributed by atoms with van der Waals surface area (Å²) in [6.45, 7) is 4.12. The van der Waals surface area contributed by atoms with Crippen LogP contribution in [0.4, 0.5) is 5.00 Å². The van der Waals surface area contributed by atoms with Crippen molar-refractivity contribution in [1.82, 2.24) is 0 Å². The number of hydrogen-bond donors (Lipinski definition) is 1. The van der Waals surface area contributed by atoms with Crippen LogP contribution in [0.1, 0.15) is 51.7 Å². The molecule has 1 aromatic heterocycles. The number of ether oxygens (including phenoxy) is 1. The zero-order valence-corrected chi connectivity index (χ0v) is 20.5. The average molecular weight is 482 g/mol. The predicted molar refractivity (Wildman–Crippen MR) is 144 cm³/mol. The van der Waals surface area contributed by atoms with Crippen molar-refractivity contribution in [1.29, 1.82) is 0 Å². The number of benzene rings is 3. The molecule has 1 N–H and O–H groups in total. The Hall–Kier alpha value is -3.96. The van der Waals surface area contributed by atoms with Crippen molar-refractivity contribution in [3.05, 3.63) is 124 Å². The Morgan fingerprint density at radius 2 is 1.51 bits per heavy atom. The van der Waals surface area contributed by atoms with Gasteiger partial charge in [-0.15, -0.1) is 11.3 Å². The zero-order valence-electron chi connectivity index (χ0n) is 19.7. The molecule has 4 aromatic rings. The van der Waals surface area contributed by atoms with Crippen molar-refractivity contribution < 1.29 is 14.3 Å². The van der Waals surface area contributed by atoms with Crippen molar-refractivity contribution in [2.75, 3.05) is 11.9 Å². The fourth-order valence-electron chi connectivity index (χ4n) is 3.77. The van der Waals surface area contributed by atoms with Crippen molar-refractivity contribution >= 4 is 39.9 Å². The van der Waals surface area contributed by atoms with E-state index in [0.717, 1.165) is 21.6 Å². The minimum absolute atomic E-state index is 0.0634. The Morgan fingerprint density at radius 1 is 0.914 bits per heavy atom. The SMILES string of the molecule is CCOC(=O)c1cc(C(C)c2ccccc2)sc1NC(=O)C(=Cc1ccccc1)c1ccccc1. The lowest BCUT2D eigenvalue weighted by molar-refractivity contribution is -0.111. The summed E-state index contributed by atoms with van der Waals surface area (Å²) in [5.74, 6) is -0.668. The molecule has 3 aromatic carbocycles. The molecular weight excluding hydrogens is 454 g/mol. The molecule has 176 valence electrons. The first-order valence-electron chi connectivity index (χ1n) is 11.6. The fourth-order valence-corrected chi connectivity index (χ4v) is 4.89. The summed E-state index contributed by atoms with van der Waals surface area (Å²) in [5.41, 5.74) is 3.72. The van der Waals surface area contributed by atoms with Crippen LogP contribution >= 0.6 is 11.3 Å². The molecule has 35 heavy (non-hydrogen) atoms. The van der Waals surface area contributed by atoms with Crippen LogP contribution in [0.3, 0.4) is 0 Å². The van der Waals surface area contributed by atoms with Gasteiger partial charge in [0.2, 0.25) is 0 Å². The topological polar surface area (TPSA) is 55.4 Å².